The van der Waals surface area contributed by atoms with Crippen molar-refractivity contribution in [3.63, 3.8) is 0 Å². The standard InChI is InChI=1S/C14H20N4O/c15-7-11-2-1-3-12(6-11)9-17-4-5-18-13(10-17)8-16-14(18)19/h1-3,6,13H,4-5,7-10,15H2,(H,16,19). The summed E-state index contributed by atoms with van der Waals surface area (Å²) in [6.45, 7) is 5.02. The number of carbonyl (C=O) groups is 1. The summed E-state index contributed by atoms with van der Waals surface area (Å²) in [6, 6.07) is 8.86. The van der Waals surface area contributed by atoms with Crippen LogP contribution in [0.3, 0.4) is 0 Å². The number of carbonyl (C=O) groups excluding carboxylic acids is 1. The van der Waals surface area contributed by atoms with Crippen LogP contribution in [0.1, 0.15) is 11.1 Å². The van der Waals surface area contributed by atoms with Gasteiger partial charge in [0.05, 0.1) is 6.04 Å². The molecule has 1 aromatic carbocycles. The third-order valence-electron chi connectivity index (χ3n) is 3.95. The minimum Gasteiger partial charge on any atom is -0.336 e. The summed E-state index contributed by atoms with van der Waals surface area (Å²) >= 11 is 0. The lowest BCUT2D eigenvalue weighted by Crippen LogP contribution is -2.51. The van der Waals surface area contributed by atoms with E-state index in [1.807, 2.05) is 4.90 Å². The highest BCUT2D eigenvalue weighted by atomic mass is 16.2. The highest BCUT2D eigenvalue weighted by Crippen LogP contribution is 2.16. The quantitative estimate of drug-likeness (QED) is 0.824. The first-order chi connectivity index (χ1) is 9.26. The Balaban J connectivity index is 1.63. The SMILES string of the molecule is NCc1cccc(CN2CCN3C(=O)NCC3C2)c1. The van der Waals surface area contributed by atoms with E-state index < -0.39 is 0 Å². The maximum Gasteiger partial charge on any atom is 0.317 e. The van der Waals surface area contributed by atoms with Crippen molar-refractivity contribution in [1.82, 2.24) is 15.1 Å². The molecule has 1 atom stereocenters. The van der Waals surface area contributed by atoms with Crippen LogP contribution in [0.2, 0.25) is 0 Å². The van der Waals surface area contributed by atoms with Crippen LogP contribution in [0.25, 0.3) is 0 Å². The second kappa shape index (κ2) is 5.19. The summed E-state index contributed by atoms with van der Waals surface area (Å²) in [5, 5.41) is 2.91. The fourth-order valence-electron chi connectivity index (χ4n) is 2.93. The zero-order valence-corrected chi connectivity index (χ0v) is 11.0. The molecule has 0 saturated carbocycles. The van der Waals surface area contributed by atoms with Crippen LogP contribution < -0.4 is 11.1 Å². The molecule has 0 spiro atoms. The number of nitrogens with two attached hydrogens (primary N) is 1. The van der Waals surface area contributed by atoms with Crippen molar-refractivity contribution in [2.75, 3.05) is 26.2 Å². The van der Waals surface area contributed by atoms with E-state index >= 15 is 0 Å². The Labute approximate surface area is 113 Å². The number of nitrogens with one attached hydrogen (secondary N) is 1. The zero-order valence-electron chi connectivity index (χ0n) is 11.0. The van der Waals surface area contributed by atoms with E-state index in [2.05, 4.69) is 34.5 Å². The number of hydrogen-bond acceptors (Lipinski definition) is 3. The number of amides is 2. The van der Waals surface area contributed by atoms with Crippen LogP contribution in [-0.2, 0) is 13.1 Å². The number of nitrogens with zero attached hydrogens (tertiary/aromatic N) is 2. The van der Waals surface area contributed by atoms with Gasteiger partial charge < -0.3 is 16.0 Å². The Hall–Kier alpha value is -1.59. The van der Waals surface area contributed by atoms with Gasteiger partial charge in [-0.05, 0) is 11.1 Å². The van der Waals surface area contributed by atoms with Crippen molar-refractivity contribution in [2.45, 2.75) is 19.1 Å². The fraction of sp³-hybridized carbons (Fsp3) is 0.500. The molecule has 3 N–H and O–H groups in total. The minimum atomic E-state index is 0.0924. The molecule has 5 nitrogen and oxygen atoms in total. The van der Waals surface area contributed by atoms with Gasteiger partial charge in [-0.25, -0.2) is 4.79 Å². The molecule has 102 valence electrons. The van der Waals surface area contributed by atoms with Crippen LogP contribution in [0, 0.1) is 0 Å². The largest absolute Gasteiger partial charge is 0.336 e. The van der Waals surface area contributed by atoms with Gasteiger partial charge in [-0.3, -0.25) is 4.90 Å². The number of fused-ring (bicyclic) bond motifs is 1. The number of benzene rings is 1. The third-order valence-corrected chi connectivity index (χ3v) is 3.95. The molecule has 0 radical (unpaired) electrons. The number of hydrogen-bond donors (Lipinski definition) is 2. The average molecular weight is 260 g/mol. The molecule has 1 aromatic rings. The molecule has 2 aliphatic rings. The summed E-state index contributed by atoms with van der Waals surface area (Å²) in [5.41, 5.74) is 8.15. The normalized spacial score (nSPS) is 23.3. The third kappa shape index (κ3) is 2.57. The van der Waals surface area contributed by atoms with Crippen LogP contribution in [-0.4, -0.2) is 48.1 Å². The van der Waals surface area contributed by atoms with E-state index in [0.29, 0.717) is 12.6 Å². The summed E-state index contributed by atoms with van der Waals surface area (Å²) in [4.78, 5) is 15.9. The van der Waals surface area contributed by atoms with Crippen molar-refractivity contribution in [1.29, 1.82) is 0 Å². The first kappa shape index (κ1) is 12.4. The summed E-state index contributed by atoms with van der Waals surface area (Å²) < 4.78 is 0. The monoisotopic (exact) mass is 260 g/mol. The summed E-state index contributed by atoms with van der Waals surface area (Å²) in [6.07, 6.45) is 0. The average Bonchev–Trinajstić information content (AvgIpc) is 2.80. The smallest absolute Gasteiger partial charge is 0.317 e. The van der Waals surface area contributed by atoms with E-state index in [0.717, 1.165) is 32.7 Å². The van der Waals surface area contributed by atoms with Crippen molar-refractivity contribution in [2.24, 2.45) is 5.73 Å². The summed E-state index contributed by atoms with van der Waals surface area (Å²) in [7, 11) is 0. The van der Waals surface area contributed by atoms with Gasteiger partial charge in [0.15, 0.2) is 0 Å². The molecule has 5 heteroatoms. The number of piperazine rings is 1. The Morgan fingerprint density at radius 1 is 1.32 bits per heavy atom. The minimum absolute atomic E-state index is 0.0924. The molecule has 2 saturated heterocycles. The van der Waals surface area contributed by atoms with E-state index in [1.54, 1.807) is 0 Å². The Morgan fingerprint density at radius 3 is 3.00 bits per heavy atom. The second-order valence-electron chi connectivity index (χ2n) is 5.29. The lowest BCUT2D eigenvalue weighted by molar-refractivity contribution is 0.116. The van der Waals surface area contributed by atoms with E-state index in [9.17, 15) is 4.79 Å². The van der Waals surface area contributed by atoms with Gasteiger partial charge in [-0.1, -0.05) is 24.3 Å². The Morgan fingerprint density at radius 2 is 2.16 bits per heavy atom. The van der Waals surface area contributed by atoms with Crippen molar-refractivity contribution >= 4 is 6.03 Å². The molecule has 2 fully saturated rings. The van der Waals surface area contributed by atoms with Crippen LogP contribution in [0.4, 0.5) is 4.79 Å². The van der Waals surface area contributed by atoms with Crippen molar-refractivity contribution in [3.8, 4) is 0 Å². The Bertz CT molecular complexity index is 476. The molecule has 19 heavy (non-hydrogen) atoms. The van der Waals surface area contributed by atoms with Gasteiger partial charge in [0.1, 0.15) is 0 Å². The zero-order chi connectivity index (χ0) is 13.2. The maximum atomic E-state index is 11.5. The first-order valence-electron chi connectivity index (χ1n) is 6.81. The van der Waals surface area contributed by atoms with Crippen LogP contribution in [0.5, 0.6) is 0 Å². The highest BCUT2D eigenvalue weighted by Gasteiger charge is 2.35. The van der Waals surface area contributed by atoms with E-state index in [4.69, 9.17) is 5.73 Å². The second-order valence-corrected chi connectivity index (χ2v) is 5.29. The van der Waals surface area contributed by atoms with E-state index in [1.165, 1.54) is 11.1 Å². The molecule has 0 bridgehead atoms. The number of rotatable bonds is 3. The van der Waals surface area contributed by atoms with Crippen LogP contribution >= 0.6 is 0 Å². The maximum absolute atomic E-state index is 11.5. The molecule has 2 amide bonds. The highest BCUT2D eigenvalue weighted by molar-refractivity contribution is 5.77. The molecule has 0 aliphatic carbocycles. The topological polar surface area (TPSA) is 61.6 Å². The van der Waals surface area contributed by atoms with Gasteiger partial charge in [0.2, 0.25) is 0 Å². The van der Waals surface area contributed by atoms with Gasteiger partial charge >= 0.3 is 6.03 Å². The van der Waals surface area contributed by atoms with Gasteiger partial charge in [-0.15, -0.1) is 0 Å². The van der Waals surface area contributed by atoms with E-state index in [-0.39, 0.29) is 6.03 Å². The van der Waals surface area contributed by atoms with Gasteiger partial charge in [0.25, 0.3) is 0 Å². The molecule has 2 heterocycles. The molecule has 2 aliphatic heterocycles. The number of urea groups is 1. The molecule has 3 rings (SSSR count). The summed E-state index contributed by atoms with van der Waals surface area (Å²) in [5.74, 6) is 0. The first-order valence-corrected chi connectivity index (χ1v) is 6.81. The lowest BCUT2D eigenvalue weighted by Gasteiger charge is -2.36. The lowest BCUT2D eigenvalue weighted by atomic mass is 10.1. The molecule has 0 aromatic heterocycles. The van der Waals surface area contributed by atoms with Gasteiger partial charge in [0, 0.05) is 39.3 Å². The predicted octanol–water partition coefficient (Wildman–Crippen LogP) is 0.355. The van der Waals surface area contributed by atoms with Gasteiger partial charge in [-0.2, -0.15) is 0 Å². The van der Waals surface area contributed by atoms with Crippen molar-refractivity contribution in [3.05, 3.63) is 35.4 Å². The fourth-order valence-corrected chi connectivity index (χ4v) is 2.93. The molecular weight excluding hydrogens is 240 g/mol. The molecule has 1 unspecified atom stereocenters. The van der Waals surface area contributed by atoms with Crippen LogP contribution in [0.15, 0.2) is 24.3 Å². The molecular formula is C14H20N4O. The Kier molecular flexibility index (Phi) is 3.40. The predicted molar refractivity (Wildman–Crippen MR) is 73.5 cm³/mol. The van der Waals surface area contributed by atoms with Crippen molar-refractivity contribution < 1.29 is 4.79 Å².